The van der Waals surface area contributed by atoms with Crippen LogP contribution in [-0.4, -0.2) is 46.5 Å². The summed E-state index contributed by atoms with van der Waals surface area (Å²) in [6.45, 7) is 1.08. The minimum Gasteiger partial charge on any atom is -0.354 e. The normalized spacial score (nSPS) is 22.5. The number of carbonyl (C=O) groups excluding carboxylic acids is 2. The maximum absolute atomic E-state index is 13.0. The van der Waals surface area contributed by atoms with E-state index < -0.39 is 11.7 Å². The van der Waals surface area contributed by atoms with Crippen LogP contribution < -0.4 is 5.32 Å². The van der Waals surface area contributed by atoms with E-state index in [1.54, 1.807) is 16.2 Å². The predicted molar refractivity (Wildman–Crippen MR) is 106 cm³/mol. The summed E-state index contributed by atoms with van der Waals surface area (Å²) >= 11 is 1.56. The van der Waals surface area contributed by atoms with Gasteiger partial charge in [-0.2, -0.15) is 10.2 Å². The van der Waals surface area contributed by atoms with Gasteiger partial charge in [0.2, 0.25) is 5.91 Å². The number of amides is 2. The first-order valence-electron chi connectivity index (χ1n) is 10.0. The van der Waals surface area contributed by atoms with E-state index >= 15 is 0 Å². The van der Waals surface area contributed by atoms with Crippen molar-refractivity contribution in [3.05, 3.63) is 16.1 Å². The third-order valence-corrected chi connectivity index (χ3v) is 6.62. The molecule has 1 atom stereocenters. The second kappa shape index (κ2) is 8.00. The molecule has 148 valence electrons. The molecule has 1 saturated heterocycles. The maximum atomic E-state index is 13.0. The van der Waals surface area contributed by atoms with E-state index in [2.05, 4.69) is 26.4 Å². The Balaban J connectivity index is 1.33. The highest BCUT2D eigenvalue weighted by Crippen LogP contribution is 2.41. The van der Waals surface area contributed by atoms with E-state index in [0.717, 1.165) is 37.1 Å². The zero-order valence-corrected chi connectivity index (χ0v) is 16.7. The fraction of sp³-hybridized carbons (Fsp3) is 0.650. The number of rotatable bonds is 8. The molecular formula is C20H25N5O2S. The molecule has 0 bridgehead atoms. The Labute approximate surface area is 169 Å². The second-order valence-electron chi connectivity index (χ2n) is 7.78. The van der Waals surface area contributed by atoms with Crippen LogP contribution in [0.5, 0.6) is 0 Å². The quantitative estimate of drug-likeness (QED) is 0.682. The minimum absolute atomic E-state index is 0.0987. The average Bonchev–Trinajstić information content (AvgIpc) is 3.65. The second-order valence-corrected chi connectivity index (χ2v) is 8.67. The first kappa shape index (κ1) is 19.1. The van der Waals surface area contributed by atoms with Crippen LogP contribution in [0.4, 0.5) is 0 Å². The summed E-state index contributed by atoms with van der Waals surface area (Å²) in [7, 11) is 0. The first-order valence-corrected chi connectivity index (χ1v) is 10.9. The summed E-state index contributed by atoms with van der Waals surface area (Å²) in [6.07, 6.45) is 12.2. The van der Waals surface area contributed by atoms with E-state index in [1.165, 1.54) is 0 Å². The first-order chi connectivity index (χ1) is 13.6. The van der Waals surface area contributed by atoms with Crippen LogP contribution in [0.15, 0.2) is 15.6 Å². The van der Waals surface area contributed by atoms with Crippen LogP contribution in [0.2, 0.25) is 0 Å². The molecule has 1 aromatic rings. The third kappa shape index (κ3) is 4.25. The molecule has 1 N–H and O–H groups in total. The summed E-state index contributed by atoms with van der Waals surface area (Å²) in [6, 6.07) is -0.429. The number of nitrogens with zero attached hydrogens (tertiary/aromatic N) is 4. The van der Waals surface area contributed by atoms with Gasteiger partial charge in [-0.25, -0.2) is 4.98 Å². The lowest BCUT2D eigenvalue weighted by molar-refractivity contribution is -0.126. The Morgan fingerprint density at radius 3 is 2.82 bits per heavy atom. The number of aromatic nitrogens is 1. The van der Waals surface area contributed by atoms with Crippen LogP contribution in [0, 0.1) is 12.3 Å². The molecule has 1 aromatic heterocycles. The van der Waals surface area contributed by atoms with Gasteiger partial charge in [0.25, 0.3) is 5.91 Å². The number of piperidine rings is 1. The molecule has 0 aromatic carbocycles. The zero-order valence-electron chi connectivity index (χ0n) is 15.9. The lowest BCUT2D eigenvalue weighted by Crippen LogP contribution is -2.52. The van der Waals surface area contributed by atoms with E-state index in [4.69, 9.17) is 6.42 Å². The van der Waals surface area contributed by atoms with Crippen molar-refractivity contribution in [2.75, 3.05) is 13.1 Å². The number of likely N-dealkylation sites (tertiary alicyclic amines) is 1. The molecule has 3 heterocycles. The number of carbonyl (C=O) groups is 2. The van der Waals surface area contributed by atoms with Crippen molar-refractivity contribution in [2.45, 2.75) is 69.0 Å². The lowest BCUT2D eigenvalue weighted by Gasteiger charge is -2.34. The van der Waals surface area contributed by atoms with Crippen LogP contribution in [0.25, 0.3) is 0 Å². The maximum Gasteiger partial charge on any atom is 0.274 e. The molecule has 2 aliphatic heterocycles. The number of terminal acetylenes is 1. The Bertz CT molecular complexity index is 817. The molecule has 2 amide bonds. The fourth-order valence-electron chi connectivity index (χ4n) is 3.67. The highest BCUT2D eigenvalue weighted by molar-refractivity contribution is 7.10. The van der Waals surface area contributed by atoms with Crippen molar-refractivity contribution in [2.24, 2.45) is 10.2 Å². The van der Waals surface area contributed by atoms with Gasteiger partial charge in [0.1, 0.15) is 11.7 Å². The number of thiazole rings is 1. The Morgan fingerprint density at radius 1 is 1.29 bits per heavy atom. The van der Waals surface area contributed by atoms with Crippen molar-refractivity contribution in [1.29, 1.82) is 0 Å². The van der Waals surface area contributed by atoms with Gasteiger partial charge < -0.3 is 10.2 Å². The standard InChI is InChI=1S/C20H25N5O2S/c1-2-3-9-20(23-24-20)10-11-21-17(26)16-6-4-5-12-25(16)19(27)15-13-28-18(22-15)14-7-8-14/h1,13-14,16H,3-12H2,(H,21,26). The Kier molecular flexibility index (Phi) is 5.44. The molecule has 1 saturated carbocycles. The van der Waals surface area contributed by atoms with Crippen molar-refractivity contribution in [3.63, 3.8) is 0 Å². The number of hydrogen-bond donors (Lipinski definition) is 1. The van der Waals surface area contributed by atoms with E-state index in [-0.39, 0.29) is 11.8 Å². The highest BCUT2D eigenvalue weighted by atomic mass is 32.1. The summed E-state index contributed by atoms with van der Waals surface area (Å²) in [5.41, 5.74) is 0.0806. The molecule has 28 heavy (non-hydrogen) atoms. The van der Waals surface area contributed by atoms with E-state index in [1.807, 2.05) is 5.38 Å². The highest BCUT2D eigenvalue weighted by Gasteiger charge is 2.39. The average molecular weight is 400 g/mol. The van der Waals surface area contributed by atoms with Crippen LogP contribution in [0.3, 0.4) is 0 Å². The van der Waals surface area contributed by atoms with Crippen LogP contribution in [-0.2, 0) is 4.79 Å². The molecule has 0 radical (unpaired) electrons. The molecule has 0 spiro atoms. The molecule has 3 aliphatic rings. The number of hydrogen-bond acceptors (Lipinski definition) is 6. The van der Waals surface area contributed by atoms with Gasteiger partial charge in [-0.05, 0) is 32.1 Å². The molecular weight excluding hydrogens is 374 g/mol. The molecule has 4 rings (SSSR count). The molecule has 7 nitrogen and oxygen atoms in total. The van der Waals surface area contributed by atoms with Gasteiger partial charge in [0.05, 0.1) is 5.01 Å². The van der Waals surface area contributed by atoms with E-state index in [0.29, 0.717) is 44.0 Å². The Hall–Kier alpha value is -2.27. The smallest absolute Gasteiger partial charge is 0.274 e. The monoisotopic (exact) mass is 399 g/mol. The predicted octanol–water partition coefficient (Wildman–Crippen LogP) is 3.10. The SMILES string of the molecule is C#CCCC1(CCNC(=O)C2CCCCN2C(=O)c2csc(C3CC3)n2)N=N1. The van der Waals surface area contributed by atoms with Crippen molar-refractivity contribution in [1.82, 2.24) is 15.2 Å². The third-order valence-electron chi connectivity index (χ3n) is 5.61. The summed E-state index contributed by atoms with van der Waals surface area (Å²) in [5.74, 6) is 2.92. The topological polar surface area (TPSA) is 87.0 Å². The Morgan fingerprint density at radius 2 is 2.11 bits per heavy atom. The molecule has 8 heteroatoms. The lowest BCUT2D eigenvalue weighted by atomic mass is 10.0. The summed E-state index contributed by atoms with van der Waals surface area (Å²) < 4.78 is 0. The summed E-state index contributed by atoms with van der Waals surface area (Å²) in [4.78, 5) is 32.0. The number of nitrogens with one attached hydrogen (secondary N) is 1. The minimum atomic E-state index is -0.429. The summed E-state index contributed by atoms with van der Waals surface area (Å²) in [5, 5.41) is 14.0. The molecule has 1 aliphatic carbocycles. The van der Waals surface area contributed by atoms with Crippen molar-refractivity contribution >= 4 is 23.2 Å². The van der Waals surface area contributed by atoms with Crippen molar-refractivity contribution < 1.29 is 9.59 Å². The van der Waals surface area contributed by atoms with Gasteiger partial charge in [0.15, 0.2) is 5.66 Å². The zero-order chi connectivity index (χ0) is 19.6. The van der Waals surface area contributed by atoms with Gasteiger partial charge >= 0.3 is 0 Å². The van der Waals surface area contributed by atoms with Crippen LogP contribution >= 0.6 is 11.3 Å². The van der Waals surface area contributed by atoms with Gasteiger partial charge in [0, 0.05) is 43.6 Å². The van der Waals surface area contributed by atoms with Gasteiger partial charge in [-0.1, -0.05) is 0 Å². The van der Waals surface area contributed by atoms with Crippen molar-refractivity contribution in [3.8, 4) is 12.3 Å². The van der Waals surface area contributed by atoms with Crippen LogP contribution in [0.1, 0.15) is 72.8 Å². The molecule has 2 fully saturated rings. The van der Waals surface area contributed by atoms with E-state index in [9.17, 15) is 9.59 Å². The van der Waals surface area contributed by atoms with Gasteiger partial charge in [-0.3, -0.25) is 9.59 Å². The van der Waals surface area contributed by atoms with Gasteiger partial charge in [-0.15, -0.1) is 23.7 Å². The molecule has 1 unspecified atom stereocenters. The fourth-order valence-corrected chi connectivity index (χ4v) is 4.63. The largest absolute Gasteiger partial charge is 0.354 e.